The number of nitrogens with one attached hydrogen (secondary N) is 1. The number of ether oxygens (including phenoxy) is 1. The lowest BCUT2D eigenvalue weighted by Crippen LogP contribution is -2.34. The second kappa shape index (κ2) is 6.59. The van der Waals surface area contributed by atoms with Crippen LogP contribution in [0.25, 0.3) is 0 Å². The minimum Gasteiger partial charge on any atom is -0.508 e. The van der Waals surface area contributed by atoms with E-state index in [1.165, 1.54) is 37.3 Å². The Morgan fingerprint density at radius 2 is 1.95 bits per heavy atom. The van der Waals surface area contributed by atoms with E-state index < -0.39 is 23.6 Å². The Hall–Kier alpha value is -3.07. The van der Waals surface area contributed by atoms with Gasteiger partial charge in [0.25, 0.3) is 0 Å². The molecule has 0 aliphatic rings. The largest absolute Gasteiger partial charge is 0.508 e. The first-order valence-corrected chi connectivity index (χ1v) is 6.59. The van der Waals surface area contributed by atoms with Crippen molar-refractivity contribution in [2.45, 2.75) is 13.0 Å². The fraction of sp³-hybridized carbons (Fsp3) is 0.188. The molecule has 0 spiro atoms. The number of carbonyl (C=O) groups is 2. The average Bonchev–Trinajstić information content (AvgIpc) is 3.04. The summed E-state index contributed by atoms with van der Waals surface area (Å²) in [4.78, 5) is 27.0. The maximum absolute atomic E-state index is 12.3. The summed E-state index contributed by atoms with van der Waals surface area (Å²) in [7, 11) is 0. The number of phenolic OH excluding ortho intramolecular Hbond substituents is 1. The third-order valence-electron chi connectivity index (χ3n) is 3.09. The number of rotatable bonds is 6. The first kappa shape index (κ1) is 15.3. The van der Waals surface area contributed by atoms with E-state index in [1.54, 1.807) is 18.3 Å². The SMILES string of the molecule is CC(Oc1ccc(O)cc1)C(=O)C(C#N)C(=O)c1ccc[nH]1. The van der Waals surface area contributed by atoms with E-state index in [0.717, 1.165) is 0 Å². The minimum atomic E-state index is -1.43. The van der Waals surface area contributed by atoms with Crippen molar-refractivity contribution in [2.75, 3.05) is 0 Å². The Morgan fingerprint density at radius 3 is 2.50 bits per heavy atom. The number of hydrogen-bond donors (Lipinski definition) is 2. The molecule has 0 saturated heterocycles. The number of Topliss-reactive ketones (excluding diaryl/α,β-unsaturated/α-hetero) is 2. The van der Waals surface area contributed by atoms with E-state index in [4.69, 9.17) is 10.00 Å². The molecule has 2 aromatic rings. The summed E-state index contributed by atoms with van der Waals surface area (Å²) >= 11 is 0. The standard InChI is InChI=1S/C16H14N2O4/c1-10(22-12-6-4-11(19)5-7-12)15(20)13(9-17)16(21)14-3-2-8-18-14/h2-8,10,13,18-19H,1H3. The summed E-state index contributed by atoms with van der Waals surface area (Å²) in [6.45, 7) is 1.47. The lowest BCUT2D eigenvalue weighted by molar-refractivity contribution is -0.126. The van der Waals surface area contributed by atoms with Crippen LogP contribution in [0.1, 0.15) is 17.4 Å². The molecule has 2 N–H and O–H groups in total. The smallest absolute Gasteiger partial charge is 0.203 e. The van der Waals surface area contributed by atoms with Gasteiger partial charge in [-0.1, -0.05) is 0 Å². The number of phenols is 1. The number of ketones is 2. The number of hydrogen-bond acceptors (Lipinski definition) is 5. The van der Waals surface area contributed by atoms with Gasteiger partial charge in [-0.15, -0.1) is 0 Å². The monoisotopic (exact) mass is 298 g/mol. The molecular weight excluding hydrogens is 284 g/mol. The Bertz CT molecular complexity index is 699. The van der Waals surface area contributed by atoms with E-state index in [9.17, 15) is 14.7 Å². The Kier molecular flexibility index (Phi) is 4.59. The number of nitriles is 1. The first-order valence-electron chi connectivity index (χ1n) is 6.59. The molecule has 6 heteroatoms. The minimum absolute atomic E-state index is 0.0724. The van der Waals surface area contributed by atoms with Gasteiger partial charge in [0, 0.05) is 6.20 Å². The Morgan fingerprint density at radius 1 is 1.27 bits per heavy atom. The summed E-state index contributed by atoms with van der Waals surface area (Å²) in [5.41, 5.74) is 0.205. The van der Waals surface area contributed by atoms with E-state index in [1.807, 2.05) is 0 Å². The average molecular weight is 298 g/mol. The van der Waals surface area contributed by atoms with E-state index in [2.05, 4.69) is 4.98 Å². The summed E-state index contributed by atoms with van der Waals surface area (Å²) in [6.07, 6.45) is 0.579. The van der Waals surface area contributed by atoms with Crippen LogP contribution in [0, 0.1) is 17.2 Å². The molecule has 0 saturated carbocycles. The van der Waals surface area contributed by atoms with Gasteiger partial charge in [-0.2, -0.15) is 5.26 Å². The zero-order valence-electron chi connectivity index (χ0n) is 11.8. The maximum Gasteiger partial charge on any atom is 0.203 e. The molecule has 2 atom stereocenters. The van der Waals surface area contributed by atoms with E-state index in [-0.39, 0.29) is 11.4 Å². The van der Waals surface area contributed by atoms with Crippen LogP contribution in [0.5, 0.6) is 11.5 Å². The second-order valence-electron chi connectivity index (χ2n) is 4.67. The van der Waals surface area contributed by atoms with Crippen molar-refractivity contribution in [1.29, 1.82) is 5.26 Å². The van der Waals surface area contributed by atoms with Crippen molar-refractivity contribution in [1.82, 2.24) is 4.98 Å². The molecule has 0 radical (unpaired) electrons. The highest BCUT2D eigenvalue weighted by atomic mass is 16.5. The Labute approximate surface area is 127 Å². The van der Waals surface area contributed by atoms with Crippen molar-refractivity contribution in [3.05, 3.63) is 48.3 Å². The zero-order chi connectivity index (χ0) is 16.1. The van der Waals surface area contributed by atoms with Gasteiger partial charge in [0.1, 0.15) is 11.5 Å². The topological polar surface area (TPSA) is 103 Å². The van der Waals surface area contributed by atoms with Crippen LogP contribution in [0.15, 0.2) is 42.6 Å². The van der Waals surface area contributed by atoms with Gasteiger partial charge in [0.05, 0.1) is 11.8 Å². The molecule has 1 heterocycles. The molecular formula is C16H14N2O4. The first-order chi connectivity index (χ1) is 10.5. The van der Waals surface area contributed by atoms with Gasteiger partial charge < -0.3 is 14.8 Å². The normalized spacial score (nSPS) is 12.9. The van der Waals surface area contributed by atoms with E-state index in [0.29, 0.717) is 5.75 Å². The maximum atomic E-state index is 12.3. The highest BCUT2D eigenvalue weighted by molar-refractivity contribution is 6.13. The van der Waals surface area contributed by atoms with Crippen LogP contribution in [0.3, 0.4) is 0 Å². The molecule has 6 nitrogen and oxygen atoms in total. The summed E-state index contributed by atoms with van der Waals surface area (Å²) in [5.74, 6) is -2.19. The molecule has 2 unspecified atom stereocenters. The highest BCUT2D eigenvalue weighted by Gasteiger charge is 2.32. The predicted octanol–water partition coefficient (Wildman–Crippen LogP) is 2.08. The lowest BCUT2D eigenvalue weighted by atomic mass is 9.95. The Balaban J connectivity index is 2.09. The number of aromatic hydroxyl groups is 1. The van der Waals surface area contributed by atoms with Gasteiger partial charge in [0.15, 0.2) is 17.8 Å². The highest BCUT2D eigenvalue weighted by Crippen LogP contribution is 2.19. The molecule has 0 bridgehead atoms. The van der Waals surface area contributed by atoms with Crippen LogP contribution in [0.2, 0.25) is 0 Å². The van der Waals surface area contributed by atoms with Gasteiger partial charge in [-0.3, -0.25) is 9.59 Å². The molecule has 112 valence electrons. The van der Waals surface area contributed by atoms with Gasteiger partial charge in [0.2, 0.25) is 5.78 Å². The summed E-state index contributed by atoms with van der Waals surface area (Å²) < 4.78 is 5.41. The van der Waals surface area contributed by atoms with Gasteiger partial charge >= 0.3 is 0 Å². The van der Waals surface area contributed by atoms with E-state index >= 15 is 0 Å². The molecule has 1 aromatic heterocycles. The number of aromatic nitrogens is 1. The van der Waals surface area contributed by atoms with Crippen molar-refractivity contribution in [2.24, 2.45) is 5.92 Å². The predicted molar refractivity (Wildman–Crippen MR) is 77.4 cm³/mol. The quantitative estimate of drug-likeness (QED) is 0.627. The second-order valence-corrected chi connectivity index (χ2v) is 4.67. The number of carbonyl (C=O) groups excluding carboxylic acids is 2. The van der Waals surface area contributed by atoms with Crippen molar-refractivity contribution in [3.8, 4) is 17.6 Å². The molecule has 0 fully saturated rings. The van der Waals surface area contributed by atoms with Crippen LogP contribution < -0.4 is 4.74 Å². The molecule has 0 aliphatic heterocycles. The van der Waals surface area contributed by atoms with Crippen molar-refractivity contribution < 1.29 is 19.4 Å². The van der Waals surface area contributed by atoms with Crippen molar-refractivity contribution in [3.63, 3.8) is 0 Å². The fourth-order valence-electron chi connectivity index (χ4n) is 1.91. The van der Waals surface area contributed by atoms with Crippen LogP contribution in [0.4, 0.5) is 0 Å². The van der Waals surface area contributed by atoms with Crippen LogP contribution in [-0.4, -0.2) is 27.8 Å². The summed E-state index contributed by atoms with van der Waals surface area (Å²) in [5, 5.41) is 18.3. The van der Waals surface area contributed by atoms with Crippen LogP contribution in [-0.2, 0) is 4.79 Å². The summed E-state index contributed by atoms with van der Waals surface area (Å²) in [6, 6.07) is 10.7. The lowest BCUT2D eigenvalue weighted by Gasteiger charge is -2.15. The number of nitrogens with zero attached hydrogens (tertiary/aromatic N) is 1. The molecule has 0 aliphatic carbocycles. The van der Waals surface area contributed by atoms with Crippen molar-refractivity contribution >= 4 is 11.6 Å². The van der Waals surface area contributed by atoms with Crippen LogP contribution >= 0.6 is 0 Å². The fourth-order valence-corrected chi connectivity index (χ4v) is 1.91. The number of aromatic amines is 1. The third kappa shape index (κ3) is 3.33. The molecule has 0 amide bonds. The molecule has 22 heavy (non-hydrogen) atoms. The third-order valence-corrected chi connectivity index (χ3v) is 3.09. The van der Waals surface area contributed by atoms with Gasteiger partial charge in [-0.25, -0.2) is 0 Å². The van der Waals surface area contributed by atoms with Gasteiger partial charge in [-0.05, 0) is 43.3 Å². The number of benzene rings is 1. The molecule has 2 rings (SSSR count). The number of H-pyrrole nitrogens is 1. The molecule has 1 aromatic carbocycles. The zero-order valence-corrected chi connectivity index (χ0v) is 11.8.